The molecule has 1 aliphatic heterocycles. The van der Waals surface area contributed by atoms with Crippen LogP contribution in [0.1, 0.15) is 36.7 Å². The van der Waals surface area contributed by atoms with E-state index in [2.05, 4.69) is 34.3 Å². The van der Waals surface area contributed by atoms with Crippen LogP contribution in [-0.4, -0.2) is 34.2 Å². The Morgan fingerprint density at radius 1 is 1.38 bits per heavy atom. The van der Waals surface area contributed by atoms with E-state index in [0.717, 1.165) is 17.9 Å². The molecule has 0 bridgehead atoms. The standard InChI is InChI=1S/C19H23N3O2/c1-13-10-14-6-4-5-7-16(14)22(13)17-11-15(8-9-20-17)18(24)21-19(2,3)12-23/h4-9,11,13,23H,10,12H2,1-3H3,(H,21,24). The maximum atomic E-state index is 12.4. The highest BCUT2D eigenvalue weighted by molar-refractivity contribution is 5.95. The number of carbonyl (C=O) groups is 1. The van der Waals surface area contributed by atoms with E-state index in [9.17, 15) is 9.90 Å². The predicted molar refractivity (Wildman–Crippen MR) is 94.6 cm³/mol. The van der Waals surface area contributed by atoms with Gasteiger partial charge in [0.15, 0.2) is 0 Å². The summed E-state index contributed by atoms with van der Waals surface area (Å²) in [6, 6.07) is 12.1. The van der Waals surface area contributed by atoms with Crippen molar-refractivity contribution in [2.75, 3.05) is 11.5 Å². The molecule has 2 aromatic rings. The number of amides is 1. The van der Waals surface area contributed by atoms with Crippen LogP contribution in [0, 0.1) is 0 Å². The van der Waals surface area contributed by atoms with E-state index in [1.165, 1.54) is 5.56 Å². The molecule has 0 fully saturated rings. The molecule has 0 radical (unpaired) electrons. The van der Waals surface area contributed by atoms with Gasteiger partial charge in [-0.3, -0.25) is 4.79 Å². The first-order valence-electron chi connectivity index (χ1n) is 8.18. The number of aliphatic hydroxyl groups is 1. The van der Waals surface area contributed by atoms with E-state index in [4.69, 9.17) is 0 Å². The Morgan fingerprint density at radius 2 is 2.12 bits per heavy atom. The number of carbonyl (C=O) groups excluding carboxylic acids is 1. The predicted octanol–water partition coefficient (Wildman–Crippen LogP) is 2.67. The van der Waals surface area contributed by atoms with Gasteiger partial charge < -0.3 is 15.3 Å². The number of nitrogens with zero attached hydrogens (tertiary/aromatic N) is 2. The van der Waals surface area contributed by atoms with Crippen LogP contribution in [0.4, 0.5) is 11.5 Å². The van der Waals surface area contributed by atoms with Crippen molar-refractivity contribution in [1.29, 1.82) is 0 Å². The quantitative estimate of drug-likeness (QED) is 0.907. The van der Waals surface area contributed by atoms with Crippen molar-refractivity contribution in [3.05, 3.63) is 53.7 Å². The molecule has 2 heterocycles. The fourth-order valence-electron chi connectivity index (χ4n) is 3.03. The Hall–Kier alpha value is -2.40. The van der Waals surface area contributed by atoms with Crippen LogP contribution in [0.25, 0.3) is 0 Å². The number of hydrogen-bond donors (Lipinski definition) is 2. The average molecular weight is 325 g/mol. The lowest BCUT2D eigenvalue weighted by molar-refractivity contribution is 0.0869. The number of pyridine rings is 1. The normalized spacial score (nSPS) is 16.8. The molecule has 0 aliphatic carbocycles. The zero-order chi connectivity index (χ0) is 17.3. The minimum Gasteiger partial charge on any atom is -0.394 e. The van der Waals surface area contributed by atoms with Gasteiger partial charge in [0.2, 0.25) is 0 Å². The average Bonchev–Trinajstić information content (AvgIpc) is 2.90. The fraction of sp³-hybridized carbons (Fsp3) is 0.368. The summed E-state index contributed by atoms with van der Waals surface area (Å²) in [5.74, 6) is 0.555. The number of aliphatic hydroxyl groups excluding tert-OH is 1. The highest BCUT2D eigenvalue weighted by atomic mass is 16.3. The zero-order valence-corrected chi connectivity index (χ0v) is 14.3. The van der Waals surface area contributed by atoms with Crippen molar-refractivity contribution in [1.82, 2.24) is 10.3 Å². The van der Waals surface area contributed by atoms with E-state index in [1.807, 2.05) is 12.1 Å². The summed E-state index contributed by atoms with van der Waals surface area (Å²) in [5.41, 5.74) is 2.32. The van der Waals surface area contributed by atoms with E-state index in [0.29, 0.717) is 11.6 Å². The second-order valence-electron chi connectivity index (χ2n) is 6.95. The summed E-state index contributed by atoms with van der Waals surface area (Å²) in [5, 5.41) is 12.2. The number of anilines is 2. The minimum absolute atomic E-state index is 0.118. The molecule has 0 saturated carbocycles. The number of aromatic nitrogens is 1. The van der Waals surface area contributed by atoms with Crippen molar-refractivity contribution < 1.29 is 9.90 Å². The number of hydrogen-bond acceptors (Lipinski definition) is 4. The van der Waals surface area contributed by atoms with Crippen molar-refractivity contribution in [2.45, 2.75) is 38.8 Å². The van der Waals surface area contributed by atoms with Gasteiger partial charge in [-0.2, -0.15) is 0 Å². The Kier molecular flexibility index (Phi) is 4.28. The molecular formula is C19H23N3O2. The van der Waals surface area contributed by atoms with Gasteiger partial charge in [-0.25, -0.2) is 4.98 Å². The van der Waals surface area contributed by atoms with E-state index >= 15 is 0 Å². The maximum absolute atomic E-state index is 12.4. The van der Waals surface area contributed by atoms with Gasteiger partial charge in [0.05, 0.1) is 12.1 Å². The fourth-order valence-corrected chi connectivity index (χ4v) is 3.03. The van der Waals surface area contributed by atoms with Crippen molar-refractivity contribution in [3.8, 4) is 0 Å². The SMILES string of the molecule is CC1Cc2ccccc2N1c1cc(C(=O)NC(C)(C)CO)ccn1. The molecule has 0 spiro atoms. The molecular weight excluding hydrogens is 302 g/mol. The molecule has 24 heavy (non-hydrogen) atoms. The number of nitrogens with one attached hydrogen (secondary N) is 1. The molecule has 1 aliphatic rings. The van der Waals surface area contributed by atoms with Crippen molar-refractivity contribution in [3.63, 3.8) is 0 Å². The molecule has 1 amide bonds. The first-order valence-corrected chi connectivity index (χ1v) is 8.18. The summed E-state index contributed by atoms with van der Waals surface area (Å²) in [4.78, 5) is 19.1. The molecule has 3 rings (SSSR count). The second kappa shape index (κ2) is 6.24. The second-order valence-corrected chi connectivity index (χ2v) is 6.95. The monoisotopic (exact) mass is 325 g/mol. The van der Waals surface area contributed by atoms with Gasteiger partial charge in [-0.15, -0.1) is 0 Å². The first kappa shape index (κ1) is 16.5. The van der Waals surface area contributed by atoms with E-state index in [-0.39, 0.29) is 12.5 Å². The number of fused-ring (bicyclic) bond motifs is 1. The molecule has 1 aromatic heterocycles. The van der Waals surface area contributed by atoms with Gasteiger partial charge in [0, 0.05) is 23.5 Å². The third kappa shape index (κ3) is 3.12. The summed E-state index contributed by atoms with van der Waals surface area (Å²) in [7, 11) is 0. The van der Waals surface area contributed by atoms with Crippen LogP contribution in [-0.2, 0) is 6.42 Å². The van der Waals surface area contributed by atoms with E-state index < -0.39 is 5.54 Å². The van der Waals surface area contributed by atoms with Gasteiger partial charge in [0.25, 0.3) is 5.91 Å². The molecule has 1 atom stereocenters. The molecule has 1 aromatic carbocycles. The minimum atomic E-state index is -0.659. The van der Waals surface area contributed by atoms with Crippen LogP contribution in [0.15, 0.2) is 42.6 Å². The molecule has 1 unspecified atom stereocenters. The number of rotatable bonds is 4. The molecule has 5 nitrogen and oxygen atoms in total. The van der Waals surface area contributed by atoms with Gasteiger partial charge in [-0.1, -0.05) is 18.2 Å². The van der Waals surface area contributed by atoms with Crippen molar-refractivity contribution in [2.24, 2.45) is 0 Å². The lowest BCUT2D eigenvalue weighted by atomic mass is 10.1. The molecule has 126 valence electrons. The van der Waals surface area contributed by atoms with Crippen LogP contribution >= 0.6 is 0 Å². The van der Waals surface area contributed by atoms with Crippen LogP contribution < -0.4 is 10.2 Å². The number of benzene rings is 1. The Balaban J connectivity index is 1.90. The zero-order valence-electron chi connectivity index (χ0n) is 14.3. The summed E-state index contributed by atoms with van der Waals surface area (Å²) in [6.07, 6.45) is 2.62. The summed E-state index contributed by atoms with van der Waals surface area (Å²) >= 11 is 0. The van der Waals surface area contributed by atoms with Crippen LogP contribution in [0.5, 0.6) is 0 Å². The van der Waals surface area contributed by atoms with Crippen LogP contribution in [0.3, 0.4) is 0 Å². The Labute approximate surface area is 142 Å². The third-order valence-electron chi connectivity index (χ3n) is 4.31. The highest BCUT2D eigenvalue weighted by Gasteiger charge is 2.28. The van der Waals surface area contributed by atoms with E-state index in [1.54, 1.807) is 32.2 Å². The van der Waals surface area contributed by atoms with Gasteiger partial charge in [0.1, 0.15) is 5.82 Å². The topological polar surface area (TPSA) is 65.5 Å². The van der Waals surface area contributed by atoms with Gasteiger partial charge >= 0.3 is 0 Å². The largest absolute Gasteiger partial charge is 0.394 e. The molecule has 0 saturated heterocycles. The third-order valence-corrected chi connectivity index (χ3v) is 4.31. The van der Waals surface area contributed by atoms with Crippen molar-refractivity contribution >= 4 is 17.4 Å². The summed E-state index contributed by atoms with van der Waals surface area (Å²) < 4.78 is 0. The highest BCUT2D eigenvalue weighted by Crippen LogP contribution is 2.37. The maximum Gasteiger partial charge on any atom is 0.251 e. The Bertz CT molecular complexity index is 758. The van der Waals surface area contributed by atoms with Gasteiger partial charge in [-0.05, 0) is 51.0 Å². The number of para-hydroxylation sites is 1. The smallest absolute Gasteiger partial charge is 0.251 e. The van der Waals surface area contributed by atoms with Crippen LogP contribution in [0.2, 0.25) is 0 Å². The Morgan fingerprint density at radius 3 is 2.88 bits per heavy atom. The lowest BCUT2D eigenvalue weighted by Crippen LogP contribution is -2.46. The first-order chi connectivity index (χ1) is 11.4. The lowest BCUT2D eigenvalue weighted by Gasteiger charge is -2.25. The molecule has 5 heteroatoms. The molecule has 2 N–H and O–H groups in total. The summed E-state index contributed by atoms with van der Waals surface area (Å²) in [6.45, 7) is 5.61.